The average molecular weight is 187 g/mol. The molecular weight excluding hydrogens is 166 g/mol. The van der Waals surface area contributed by atoms with Crippen LogP contribution in [0, 0.1) is 5.41 Å². The largest absolute Gasteiger partial charge is 0.285 e. The Morgan fingerprint density at radius 1 is 1.23 bits per heavy atom. The molecule has 0 aliphatic carbocycles. The first kappa shape index (κ1) is 12.4. The van der Waals surface area contributed by atoms with Crippen LogP contribution in [0.2, 0.25) is 0 Å². The Morgan fingerprint density at radius 2 is 1.62 bits per heavy atom. The third kappa shape index (κ3) is 2.99. The fourth-order valence-corrected chi connectivity index (χ4v) is 0.743. The van der Waals surface area contributed by atoms with Gasteiger partial charge in [-0.3, -0.25) is 10.0 Å². The summed E-state index contributed by atoms with van der Waals surface area (Å²) in [6.07, 6.45) is 0.721. The summed E-state index contributed by atoms with van der Waals surface area (Å²) in [5.41, 5.74) is -1.01. The summed E-state index contributed by atoms with van der Waals surface area (Å²) >= 11 is 0. The van der Waals surface area contributed by atoms with E-state index in [9.17, 15) is 10.0 Å². The molecule has 3 nitrogen and oxygen atoms in total. The fraction of sp³-hybridized carbons (Fsp3) is 0.900. The molecule has 3 heteroatoms. The Labute approximate surface area is 80.7 Å². The summed E-state index contributed by atoms with van der Waals surface area (Å²) in [5, 5.41) is 10.4. The first-order valence-corrected chi connectivity index (χ1v) is 4.66. The predicted molar refractivity (Wildman–Crippen MR) is 52.5 cm³/mol. The van der Waals surface area contributed by atoms with Gasteiger partial charge in [-0.2, -0.15) is 0 Å². The van der Waals surface area contributed by atoms with Crippen molar-refractivity contribution in [2.45, 2.75) is 53.5 Å². The number of carbonyl (C=O) groups is 1. The molecule has 0 aromatic rings. The molecule has 0 rings (SSSR count). The second-order valence-corrected chi connectivity index (χ2v) is 5.03. The van der Waals surface area contributed by atoms with Crippen LogP contribution in [0.4, 0.5) is 0 Å². The van der Waals surface area contributed by atoms with Gasteiger partial charge in [-0.15, -0.1) is 0 Å². The van der Waals surface area contributed by atoms with E-state index in [2.05, 4.69) is 0 Å². The smallest absolute Gasteiger partial charge is 0.252 e. The van der Waals surface area contributed by atoms with E-state index in [0.717, 1.165) is 11.5 Å². The average Bonchev–Trinajstić information content (AvgIpc) is 2.00. The van der Waals surface area contributed by atoms with Crippen LogP contribution >= 0.6 is 0 Å². The van der Waals surface area contributed by atoms with Crippen LogP contribution in [-0.2, 0) is 4.79 Å². The lowest BCUT2D eigenvalue weighted by molar-refractivity contribution is -0.196. The second-order valence-electron chi connectivity index (χ2n) is 5.03. The Hall–Kier alpha value is -0.570. The lowest BCUT2D eigenvalue weighted by atomic mass is 9.88. The first-order chi connectivity index (χ1) is 5.63. The first-order valence-electron chi connectivity index (χ1n) is 4.66. The molecule has 0 aromatic carbocycles. The summed E-state index contributed by atoms with van der Waals surface area (Å²) in [7, 11) is 0. The molecule has 0 aliphatic rings. The Morgan fingerprint density at radius 3 is 1.85 bits per heavy atom. The van der Waals surface area contributed by atoms with Crippen LogP contribution in [0.3, 0.4) is 0 Å². The molecule has 1 N–H and O–H groups in total. The minimum Gasteiger partial charge on any atom is -0.285 e. The van der Waals surface area contributed by atoms with Crippen molar-refractivity contribution < 1.29 is 10.0 Å². The van der Waals surface area contributed by atoms with Crippen molar-refractivity contribution in [3.63, 3.8) is 0 Å². The molecular formula is C10H21NO2. The topological polar surface area (TPSA) is 40.5 Å². The minimum atomic E-state index is -0.524. The highest BCUT2D eigenvalue weighted by molar-refractivity contribution is 5.81. The number of hydrogen-bond donors (Lipinski definition) is 1. The molecule has 0 saturated carbocycles. The van der Waals surface area contributed by atoms with Crippen LogP contribution in [-0.4, -0.2) is 21.7 Å². The summed E-state index contributed by atoms with van der Waals surface area (Å²) in [4.78, 5) is 11.7. The summed E-state index contributed by atoms with van der Waals surface area (Å²) in [6.45, 7) is 11.0. The highest BCUT2D eigenvalue weighted by atomic mass is 16.5. The number of hydroxylamine groups is 2. The van der Waals surface area contributed by atoms with E-state index in [-0.39, 0.29) is 5.91 Å². The number of amides is 1. The number of rotatable bonds is 2. The van der Waals surface area contributed by atoms with Crippen molar-refractivity contribution in [3.05, 3.63) is 0 Å². The Bertz CT molecular complexity index is 192. The van der Waals surface area contributed by atoms with Gasteiger partial charge in [-0.05, 0) is 27.2 Å². The third-order valence-electron chi connectivity index (χ3n) is 2.29. The number of carbonyl (C=O) groups excluding carboxylic acids is 1. The van der Waals surface area contributed by atoms with Crippen molar-refractivity contribution in [2.75, 3.05) is 0 Å². The zero-order chi connectivity index (χ0) is 10.9. The predicted octanol–water partition coefficient (Wildman–Crippen LogP) is 2.44. The summed E-state index contributed by atoms with van der Waals surface area (Å²) in [5.74, 6) is -0.220. The van der Waals surface area contributed by atoms with Crippen molar-refractivity contribution in [1.82, 2.24) is 5.06 Å². The van der Waals surface area contributed by atoms with Crippen LogP contribution in [0.5, 0.6) is 0 Å². The molecule has 0 bridgehead atoms. The molecule has 0 fully saturated rings. The van der Waals surface area contributed by atoms with E-state index in [1.807, 2.05) is 20.8 Å². The van der Waals surface area contributed by atoms with Gasteiger partial charge in [0.05, 0.1) is 5.54 Å². The van der Waals surface area contributed by atoms with E-state index in [1.165, 1.54) is 0 Å². The molecule has 0 unspecified atom stereocenters. The quantitative estimate of drug-likeness (QED) is 0.533. The van der Waals surface area contributed by atoms with Crippen molar-refractivity contribution >= 4 is 5.91 Å². The van der Waals surface area contributed by atoms with Gasteiger partial charge in [0.25, 0.3) is 5.91 Å². The molecule has 0 spiro atoms. The lowest BCUT2D eigenvalue weighted by Gasteiger charge is -2.35. The van der Waals surface area contributed by atoms with Gasteiger partial charge in [0, 0.05) is 5.41 Å². The molecule has 0 aromatic heterocycles. The van der Waals surface area contributed by atoms with Gasteiger partial charge < -0.3 is 0 Å². The van der Waals surface area contributed by atoms with Gasteiger partial charge in [-0.1, -0.05) is 20.8 Å². The number of hydrogen-bond acceptors (Lipinski definition) is 2. The van der Waals surface area contributed by atoms with Crippen LogP contribution in [0.25, 0.3) is 0 Å². The Kier molecular flexibility index (Phi) is 3.50. The van der Waals surface area contributed by atoms with Crippen molar-refractivity contribution in [2.24, 2.45) is 5.41 Å². The van der Waals surface area contributed by atoms with E-state index in [1.54, 1.807) is 20.8 Å². The molecule has 0 radical (unpaired) electrons. The molecule has 13 heavy (non-hydrogen) atoms. The third-order valence-corrected chi connectivity index (χ3v) is 2.29. The molecule has 0 atom stereocenters. The van der Waals surface area contributed by atoms with Gasteiger partial charge >= 0.3 is 0 Å². The maximum atomic E-state index is 11.7. The van der Waals surface area contributed by atoms with E-state index in [0.29, 0.717) is 0 Å². The lowest BCUT2D eigenvalue weighted by Crippen LogP contribution is -2.48. The number of nitrogens with zero attached hydrogens (tertiary/aromatic N) is 1. The minimum absolute atomic E-state index is 0.220. The zero-order valence-electron chi connectivity index (χ0n) is 9.51. The Balaban J connectivity index is 4.63. The van der Waals surface area contributed by atoms with Gasteiger partial charge in [0.15, 0.2) is 0 Å². The SMILES string of the molecule is CCC(C)(C)C(=O)N(O)C(C)(C)C. The maximum Gasteiger partial charge on any atom is 0.252 e. The van der Waals surface area contributed by atoms with Crippen molar-refractivity contribution in [1.29, 1.82) is 0 Å². The maximum absolute atomic E-state index is 11.7. The highest BCUT2D eigenvalue weighted by Crippen LogP contribution is 2.25. The fourth-order valence-electron chi connectivity index (χ4n) is 0.743. The highest BCUT2D eigenvalue weighted by Gasteiger charge is 2.35. The molecule has 0 aliphatic heterocycles. The van der Waals surface area contributed by atoms with Crippen LogP contribution in [0.1, 0.15) is 48.0 Å². The monoisotopic (exact) mass is 187 g/mol. The van der Waals surface area contributed by atoms with Crippen LogP contribution < -0.4 is 0 Å². The second kappa shape index (κ2) is 3.66. The zero-order valence-corrected chi connectivity index (χ0v) is 9.51. The summed E-state index contributed by atoms with van der Waals surface area (Å²) < 4.78 is 0. The van der Waals surface area contributed by atoms with Crippen LogP contribution in [0.15, 0.2) is 0 Å². The van der Waals surface area contributed by atoms with Gasteiger partial charge in [-0.25, -0.2) is 5.06 Å². The molecule has 0 saturated heterocycles. The normalized spacial score (nSPS) is 12.8. The van der Waals surface area contributed by atoms with Crippen molar-refractivity contribution in [3.8, 4) is 0 Å². The van der Waals surface area contributed by atoms with E-state index in [4.69, 9.17) is 0 Å². The van der Waals surface area contributed by atoms with Gasteiger partial charge in [0.2, 0.25) is 0 Å². The summed E-state index contributed by atoms with van der Waals surface area (Å²) in [6, 6.07) is 0. The van der Waals surface area contributed by atoms with E-state index < -0.39 is 11.0 Å². The molecule has 1 amide bonds. The molecule has 0 heterocycles. The standard InChI is InChI=1S/C10H21NO2/c1-7-10(5,6)8(12)11(13)9(2,3)4/h13H,7H2,1-6H3. The van der Waals surface area contributed by atoms with Gasteiger partial charge in [0.1, 0.15) is 0 Å². The van der Waals surface area contributed by atoms with E-state index >= 15 is 0 Å². The molecule has 78 valence electrons.